The summed E-state index contributed by atoms with van der Waals surface area (Å²) in [5.41, 5.74) is 8.43. The van der Waals surface area contributed by atoms with Gasteiger partial charge in [-0.2, -0.15) is 4.37 Å². The molecule has 2 rings (SSSR count). The summed E-state index contributed by atoms with van der Waals surface area (Å²) in [5.74, 6) is 0.239. The first-order valence-electron chi connectivity index (χ1n) is 6.69. The maximum Gasteiger partial charge on any atom is 0.344 e. The molecule has 0 aliphatic carbocycles. The predicted molar refractivity (Wildman–Crippen MR) is 85.7 cm³/mol. The monoisotopic (exact) mass is 305 g/mol. The van der Waals surface area contributed by atoms with E-state index in [4.69, 9.17) is 10.5 Å². The minimum atomic E-state index is -0.473. The topological polar surface area (TPSA) is 77.2 Å². The van der Waals surface area contributed by atoms with E-state index in [9.17, 15) is 4.79 Å². The molecular formula is C15H19N3O2S. The van der Waals surface area contributed by atoms with Gasteiger partial charge < -0.3 is 15.8 Å². The highest BCUT2D eigenvalue weighted by Crippen LogP contribution is 2.28. The molecule has 1 aromatic heterocycles. The zero-order valence-corrected chi connectivity index (χ0v) is 13.2. The van der Waals surface area contributed by atoms with Crippen molar-refractivity contribution in [1.29, 1.82) is 0 Å². The molecule has 5 nitrogen and oxygen atoms in total. The summed E-state index contributed by atoms with van der Waals surface area (Å²) in [7, 11) is 1.33. The van der Waals surface area contributed by atoms with Crippen molar-refractivity contribution >= 4 is 28.3 Å². The molecule has 21 heavy (non-hydrogen) atoms. The zero-order valence-electron chi connectivity index (χ0n) is 12.3. The van der Waals surface area contributed by atoms with Gasteiger partial charge in [0.25, 0.3) is 0 Å². The number of benzene rings is 1. The van der Waals surface area contributed by atoms with Crippen LogP contribution in [0.25, 0.3) is 0 Å². The first kappa shape index (κ1) is 15.3. The Hall–Kier alpha value is -2.08. The number of aromatic nitrogens is 1. The van der Waals surface area contributed by atoms with Gasteiger partial charge in [-0.15, -0.1) is 0 Å². The molecular weight excluding hydrogens is 286 g/mol. The minimum absolute atomic E-state index is 0.199. The van der Waals surface area contributed by atoms with Crippen molar-refractivity contribution in [2.75, 3.05) is 18.2 Å². The second kappa shape index (κ2) is 6.58. The van der Waals surface area contributed by atoms with Crippen molar-refractivity contribution in [3.63, 3.8) is 0 Å². The Morgan fingerprint density at radius 1 is 1.38 bits per heavy atom. The van der Waals surface area contributed by atoms with Gasteiger partial charge in [0.1, 0.15) is 10.6 Å². The minimum Gasteiger partial charge on any atom is -0.465 e. The smallest absolute Gasteiger partial charge is 0.344 e. The maximum absolute atomic E-state index is 11.7. The van der Waals surface area contributed by atoms with Crippen molar-refractivity contribution in [3.05, 3.63) is 41.0 Å². The fourth-order valence-corrected chi connectivity index (χ4v) is 2.62. The lowest BCUT2D eigenvalue weighted by Crippen LogP contribution is -2.08. The van der Waals surface area contributed by atoms with Crippen LogP contribution in [0.5, 0.6) is 0 Å². The molecule has 0 aliphatic heterocycles. The van der Waals surface area contributed by atoms with Crippen molar-refractivity contribution in [3.8, 4) is 0 Å². The number of nitrogens with zero attached hydrogens (tertiary/aromatic N) is 1. The molecule has 0 aliphatic rings. The van der Waals surface area contributed by atoms with E-state index in [1.807, 2.05) is 0 Å². The lowest BCUT2D eigenvalue weighted by atomic mass is 10.0. The van der Waals surface area contributed by atoms with Gasteiger partial charge >= 0.3 is 5.97 Å². The highest BCUT2D eigenvalue weighted by molar-refractivity contribution is 7.11. The average molecular weight is 305 g/mol. The number of hydrogen-bond acceptors (Lipinski definition) is 6. The van der Waals surface area contributed by atoms with E-state index in [2.05, 4.69) is 47.8 Å². The van der Waals surface area contributed by atoms with Crippen LogP contribution in [0.4, 0.5) is 10.8 Å². The van der Waals surface area contributed by atoms with Crippen LogP contribution in [-0.2, 0) is 11.3 Å². The highest BCUT2D eigenvalue weighted by atomic mass is 32.1. The number of ether oxygens (including phenoxy) is 1. The van der Waals surface area contributed by atoms with E-state index in [0.717, 1.165) is 17.1 Å². The second-order valence-corrected chi connectivity index (χ2v) is 5.79. The molecule has 2 aromatic rings. The van der Waals surface area contributed by atoms with Gasteiger partial charge in [0.05, 0.1) is 7.11 Å². The third-order valence-corrected chi connectivity index (χ3v) is 4.03. The first-order chi connectivity index (χ1) is 10.0. The van der Waals surface area contributed by atoms with E-state index < -0.39 is 5.97 Å². The van der Waals surface area contributed by atoms with E-state index >= 15 is 0 Å². The predicted octanol–water partition coefficient (Wildman–Crippen LogP) is 3.25. The molecule has 0 atom stereocenters. The zero-order chi connectivity index (χ0) is 15.4. The van der Waals surface area contributed by atoms with Crippen LogP contribution in [0, 0.1) is 0 Å². The Kier molecular flexibility index (Phi) is 4.80. The molecule has 112 valence electrons. The van der Waals surface area contributed by atoms with Crippen LogP contribution in [0.15, 0.2) is 24.3 Å². The number of carbonyl (C=O) groups excluding carboxylic acids is 1. The van der Waals surface area contributed by atoms with Gasteiger partial charge in [-0.1, -0.05) is 38.1 Å². The van der Waals surface area contributed by atoms with E-state index in [0.29, 0.717) is 23.0 Å². The number of carbonyl (C=O) groups is 1. The van der Waals surface area contributed by atoms with Crippen LogP contribution in [0.3, 0.4) is 0 Å². The standard InChI is InChI=1S/C15H19N3O2S/c1-9(2)11-6-4-10(5-7-11)8-17-14-12(15(19)20-3)13(16)18-21-14/h4-7,9,17H,8H2,1-3H3,(H2,16,18). The molecule has 0 spiro atoms. The van der Waals surface area contributed by atoms with Gasteiger partial charge in [-0.05, 0) is 28.6 Å². The van der Waals surface area contributed by atoms with Crippen molar-refractivity contribution in [1.82, 2.24) is 4.37 Å². The summed E-state index contributed by atoms with van der Waals surface area (Å²) < 4.78 is 8.71. The normalized spacial score (nSPS) is 10.7. The van der Waals surface area contributed by atoms with Crippen LogP contribution in [-0.4, -0.2) is 17.5 Å². The van der Waals surface area contributed by atoms with E-state index in [-0.39, 0.29) is 5.82 Å². The number of nitrogens with one attached hydrogen (secondary N) is 1. The molecule has 1 aromatic carbocycles. The Morgan fingerprint density at radius 3 is 2.62 bits per heavy atom. The van der Waals surface area contributed by atoms with Gasteiger partial charge in [0.15, 0.2) is 5.82 Å². The molecule has 6 heteroatoms. The highest BCUT2D eigenvalue weighted by Gasteiger charge is 2.19. The fraction of sp³-hybridized carbons (Fsp3) is 0.333. The molecule has 0 amide bonds. The Balaban J connectivity index is 2.08. The third-order valence-electron chi connectivity index (χ3n) is 3.21. The molecule has 0 fully saturated rings. The summed E-state index contributed by atoms with van der Waals surface area (Å²) in [6.45, 7) is 4.93. The maximum atomic E-state index is 11.7. The number of hydrogen-bond donors (Lipinski definition) is 2. The van der Waals surface area contributed by atoms with Gasteiger partial charge in [0, 0.05) is 6.54 Å². The van der Waals surface area contributed by atoms with Gasteiger partial charge in [0.2, 0.25) is 0 Å². The molecule has 0 radical (unpaired) electrons. The summed E-state index contributed by atoms with van der Waals surface area (Å²) >= 11 is 1.16. The number of methoxy groups -OCH3 is 1. The fourth-order valence-electron chi connectivity index (χ4n) is 1.93. The van der Waals surface area contributed by atoms with Crippen molar-refractivity contribution < 1.29 is 9.53 Å². The lowest BCUT2D eigenvalue weighted by molar-refractivity contribution is 0.0603. The molecule has 3 N–H and O–H groups in total. The second-order valence-electron chi connectivity index (χ2n) is 5.01. The SMILES string of the molecule is COC(=O)c1c(N)nsc1NCc1ccc(C(C)C)cc1. The summed E-state index contributed by atoms with van der Waals surface area (Å²) in [4.78, 5) is 11.7. The van der Waals surface area contributed by atoms with E-state index in [1.165, 1.54) is 12.7 Å². The number of nitrogen functional groups attached to an aromatic ring is 1. The van der Waals surface area contributed by atoms with Gasteiger partial charge in [-0.25, -0.2) is 4.79 Å². The van der Waals surface area contributed by atoms with Crippen molar-refractivity contribution in [2.24, 2.45) is 0 Å². The summed E-state index contributed by atoms with van der Waals surface area (Å²) in [6.07, 6.45) is 0. The van der Waals surface area contributed by atoms with Gasteiger partial charge in [-0.3, -0.25) is 0 Å². The quantitative estimate of drug-likeness (QED) is 0.829. The number of nitrogens with two attached hydrogens (primary N) is 1. The molecule has 0 bridgehead atoms. The van der Waals surface area contributed by atoms with Crippen molar-refractivity contribution in [2.45, 2.75) is 26.3 Å². The lowest BCUT2D eigenvalue weighted by Gasteiger charge is -2.08. The molecule has 0 saturated heterocycles. The van der Waals surface area contributed by atoms with Crippen LogP contribution in [0.2, 0.25) is 0 Å². The van der Waals surface area contributed by atoms with Crippen LogP contribution in [0.1, 0.15) is 41.3 Å². The Labute approximate surface area is 128 Å². The number of esters is 1. The number of rotatable bonds is 5. The molecule has 1 heterocycles. The van der Waals surface area contributed by atoms with Crippen LogP contribution < -0.4 is 11.1 Å². The Morgan fingerprint density at radius 2 is 2.05 bits per heavy atom. The molecule has 0 unspecified atom stereocenters. The largest absolute Gasteiger partial charge is 0.465 e. The molecule has 0 saturated carbocycles. The first-order valence-corrected chi connectivity index (χ1v) is 7.46. The number of anilines is 2. The Bertz CT molecular complexity index is 620. The van der Waals surface area contributed by atoms with Crippen LogP contribution >= 0.6 is 11.5 Å². The third kappa shape index (κ3) is 3.52. The summed E-state index contributed by atoms with van der Waals surface area (Å²) in [6, 6.07) is 8.38. The summed E-state index contributed by atoms with van der Waals surface area (Å²) in [5, 5.41) is 3.82. The van der Waals surface area contributed by atoms with E-state index in [1.54, 1.807) is 0 Å². The average Bonchev–Trinajstić information content (AvgIpc) is 2.85.